The van der Waals surface area contributed by atoms with Gasteiger partial charge in [0.15, 0.2) is 0 Å². The molecule has 9 heteroatoms. The van der Waals surface area contributed by atoms with Crippen LogP contribution in [0.3, 0.4) is 0 Å². The van der Waals surface area contributed by atoms with E-state index in [0.717, 1.165) is 39.4 Å². The SMILES string of the molecule is N#Cc1c(C(F)(F)F)c(-n2c3ccc(-c4ccccc4)cc3c3ccc(-c4ccccc4)cc32)cc(-n2c3ccc(-c4ccccc4)cc3c3ccc(-c4ccccc4)cc32)c1C(F)(F)F. The summed E-state index contributed by atoms with van der Waals surface area (Å²) in [6, 6.07) is 61.7. The lowest BCUT2D eigenvalue weighted by atomic mass is 9.95. The van der Waals surface area contributed by atoms with Crippen LogP contribution in [-0.2, 0) is 12.4 Å². The van der Waals surface area contributed by atoms with E-state index in [0.29, 0.717) is 54.7 Å². The van der Waals surface area contributed by atoms with E-state index in [2.05, 4.69) is 0 Å². The largest absolute Gasteiger partial charge is 0.419 e. The van der Waals surface area contributed by atoms with Gasteiger partial charge in [0.2, 0.25) is 0 Å². The second-order valence-electron chi connectivity index (χ2n) is 16.2. The van der Waals surface area contributed by atoms with Crippen LogP contribution in [0.5, 0.6) is 0 Å². The lowest BCUT2D eigenvalue weighted by Gasteiger charge is -2.24. The van der Waals surface area contributed by atoms with Gasteiger partial charge >= 0.3 is 12.4 Å². The van der Waals surface area contributed by atoms with Crippen LogP contribution in [0.15, 0.2) is 200 Å². The van der Waals surface area contributed by atoms with Gasteiger partial charge in [-0.05, 0) is 87.0 Å². The van der Waals surface area contributed by atoms with Crippen LogP contribution in [0.4, 0.5) is 26.3 Å². The molecule has 0 radical (unpaired) electrons. The Balaban J connectivity index is 1.30. The number of aromatic nitrogens is 2. The van der Waals surface area contributed by atoms with Gasteiger partial charge in [-0.3, -0.25) is 0 Å². The van der Waals surface area contributed by atoms with Crippen LogP contribution < -0.4 is 0 Å². The Morgan fingerprint density at radius 1 is 0.318 bits per heavy atom. The van der Waals surface area contributed by atoms with Gasteiger partial charge in [-0.2, -0.15) is 31.6 Å². The molecule has 318 valence electrons. The van der Waals surface area contributed by atoms with E-state index < -0.39 is 40.4 Å². The Hall–Kier alpha value is -8.35. The third kappa shape index (κ3) is 6.69. The zero-order valence-corrected chi connectivity index (χ0v) is 34.7. The quantitative estimate of drug-likeness (QED) is 0.153. The summed E-state index contributed by atoms with van der Waals surface area (Å²) in [7, 11) is 0. The van der Waals surface area contributed by atoms with Crippen molar-refractivity contribution in [2.75, 3.05) is 0 Å². The molecule has 2 aromatic heterocycles. The monoisotopic (exact) mass is 873 g/mol. The molecule has 0 atom stereocenters. The van der Waals surface area contributed by atoms with Gasteiger partial charge in [-0.1, -0.05) is 158 Å². The molecule has 11 rings (SSSR count). The first-order chi connectivity index (χ1) is 32.0. The number of nitrogens with zero attached hydrogens (tertiary/aromatic N) is 3. The lowest BCUT2D eigenvalue weighted by molar-refractivity contribution is -0.143. The van der Waals surface area contributed by atoms with Crippen molar-refractivity contribution >= 4 is 43.6 Å². The minimum absolute atomic E-state index is 0.316. The maximum atomic E-state index is 16.0. The van der Waals surface area contributed by atoms with Crippen LogP contribution in [0.1, 0.15) is 16.7 Å². The molecule has 0 N–H and O–H groups in total. The van der Waals surface area contributed by atoms with Gasteiger partial charge in [0.25, 0.3) is 0 Å². The number of rotatable bonds is 6. The predicted octanol–water partition coefficient (Wildman–Crippen LogP) is 16.5. The molecule has 2 heterocycles. The van der Waals surface area contributed by atoms with Crippen molar-refractivity contribution in [3.8, 4) is 62.0 Å². The standard InChI is InChI=1S/C57H33F6N3/c58-56(59,60)54-47(34-64)55(57(61,62)63)53(66-49-28-24-40(36-15-7-2-8-16-36)30-46(49)44-26-22-42(32-51(44)66)38-19-11-4-12-20-38)33-52(54)65-48-27-23-39(35-13-5-1-6-14-35)29-45(48)43-25-21-41(31-50(43)65)37-17-9-3-10-18-37/h1-33H. The summed E-state index contributed by atoms with van der Waals surface area (Å²) in [5.41, 5.74) is 1.42. The average Bonchev–Trinajstić information content (AvgIpc) is 3.85. The van der Waals surface area contributed by atoms with Crippen LogP contribution in [-0.4, -0.2) is 9.13 Å². The van der Waals surface area contributed by atoms with Crippen LogP contribution in [0.25, 0.3) is 99.5 Å². The number of benzene rings is 9. The highest BCUT2D eigenvalue weighted by molar-refractivity contribution is 6.13. The van der Waals surface area contributed by atoms with Crippen LogP contribution in [0, 0.1) is 11.3 Å². The topological polar surface area (TPSA) is 33.6 Å². The lowest BCUT2D eigenvalue weighted by Crippen LogP contribution is -2.21. The zero-order valence-electron chi connectivity index (χ0n) is 34.7. The van der Waals surface area contributed by atoms with Gasteiger partial charge in [-0.15, -0.1) is 0 Å². The van der Waals surface area contributed by atoms with Crippen molar-refractivity contribution in [3.63, 3.8) is 0 Å². The van der Waals surface area contributed by atoms with Gasteiger partial charge in [0, 0.05) is 21.5 Å². The molecule has 9 aromatic carbocycles. The number of alkyl halides is 6. The second-order valence-corrected chi connectivity index (χ2v) is 16.2. The second kappa shape index (κ2) is 15.4. The number of hydrogen-bond acceptors (Lipinski definition) is 1. The fourth-order valence-electron chi connectivity index (χ4n) is 9.49. The van der Waals surface area contributed by atoms with Gasteiger partial charge in [-0.25, -0.2) is 0 Å². The molecule has 0 aliphatic carbocycles. The highest BCUT2D eigenvalue weighted by Crippen LogP contribution is 2.49. The Kier molecular flexibility index (Phi) is 9.45. The Morgan fingerprint density at radius 3 is 0.955 bits per heavy atom. The number of fused-ring (bicyclic) bond motifs is 6. The van der Waals surface area contributed by atoms with Crippen molar-refractivity contribution in [3.05, 3.63) is 217 Å². The summed E-state index contributed by atoms with van der Waals surface area (Å²) in [5.74, 6) is 0. The van der Waals surface area contributed by atoms with Crippen molar-refractivity contribution in [1.82, 2.24) is 9.13 Å². The Bertz CT molecular complexity index is 3480. The molecule has 0 bridgehead atoms. The highest BCUT2D eigenvalue weighted by Gasteiger charge is 2.46. The molecule has 0 aliphatic heterocycles. The Labute approximate surface area is 374 Å². The third-order valence-electron chi connectivity index (χ3n) is 12.4. The van der Waals surface area contributed by atoms with Crippen LogP contribution >= 0.6 is 0 Å². The Morgan fingerprint density at radius 2 is 0.636 bits per heavy atom. The molecule has 0 saturated heterocycles. The maximum absolute atomic E-state index is 16.0. The molecule has 0 amide bonds. The first kappa shape index (κ1) is 40.4. The van der Waals surface area contributed by atoms with Crippen LogP contribution in [0.2, 0.25) is 0 Å². The van der Waals surface area contributed by atoms with E-state index in [1.807, 2.05) is 158 Å². The summed E-state index contributed by atoms with van der Waals surface area (Å²) < 4.78 is 98.6. The molecular formula is C57H33F6N3. The number of nitriles is 1. The van der Waals surface area contributed by atoms with Crippen molar-refractivity contribution in [2.24, 2.45) is 0 Å². The number of halogens is 6. The van der Waals surface area contributed by atoms with E-state index in [1.54, 1.807) is 36.4 Å². The molecule has 0 unspecified atom stereocenters. The van der Waals surface area contributed by atoms with E-state index in [1.165, 1.54) is 15.2 Å². The molecule has 0 fully saturated rings. The normalized spacial score (nSPS) is 12.1. The van der Waals surface area contributed by atoms with E-state index in [9.17, 15) is 5.26 Å². The highest BCUT2D eigenvalue weighted by atomic mass is 19.4. The van der Waals surface area contributed by atoms with Crippen molar-refractivity contribution in [2.45, 2.75) is 12.4 Å². The molecule has 3 nitrogen and oxygen atoms in total. The summed E-state index contributed by atoms with van der Waals surface area (Å²) in [4.78, 5) is 0. The average molecular weight is 874 g/mol. The maximum Gasteiger partial charge on any atom is 0.419 e. The third-order valence-corrected chi connectivity index (χ3v) is 12.4. The summed E-state index contributed by atoms with van der Waals surface area (Å²) in [5, 5.41) is 13.1. The summed E-state index contributed by atoms with van der Waals surface area (Å²) in [6.45, 7) is 0. The molecule has 0 spiro atoms. The van der Waals surface area contributed by atoms with E-state index in [-0.39, 0.29) is 0 Å². The van der Waals surface area contributed by atoms with Gasteiger partial charge in [0.1, 0.15) is 6.07 Å². The number of hydrogen-bond donors (Lipinski definition) is 0. The summed E-state index contributed by atoms with van der Waals surface area (Å²) >= 11 is 0. The minimum Gasteiger partial charge on any atom is -0.308 e. The first-order valence-electron chi connectivity index (χ1n) is 21.1. The smallest absolute Gasteiger partial charge is 0.308 e. The van der Waals surface area contributed by atoms with Gasteiger partial charge in [0.05, 0.1) is 50.1 Å². The van der Waals surface area contributed by atoms with E-state index >= 15 is 26.3 Å². The molecule has 11 aromatic rings. The molecule has 0 saturated carbocycles. The molecular weight excluding hydrogens is 841 g/mol. The predicted molar refractivity (Wildman–Crippen MR) is 252 cm³/mol. The first-order valence-corrected chi connectivity index (χ1v) is 21.1. The zero-order chi connectivity index (χ0) is 45.3. The van der Waals surface area contributed by atoms with Crippen molar-refractivity contribution in [1.29, 1.82) is 5.26 Å². The summed E-state index contributed by atoms with van der Waals surface area (Å²) in [6.07, 6.45) is -10.8. The minimum atomic E-state index is -5.41. The fraction of sp³-hybridized carbons (Fsp3) is 0.0351. The fourth-order valence-corrected chi connectivity index (χ4v) is 9.49. The molecule has 66 heavy (non-hydrogen) atoms. The van der Waals surface area contributed by atoms with Gasteiger partial charge < -0.3 is 9.13 Å². The van der Waals surface area contributed by atoms with Crippen molar-refractivity contribution < 1.29 is 26.3 Å². The van der Waals surface area contributed by atoms with E-state index in [4.69, 9.17) is 0 Å². The molecule has 0 aliphatic rings.